The van der Waals surface area contributed by atoms with E-state index in [1.165, 1.54) is 0 Å². The number of carbonyl (C=O) groups is 3. The van der Waals surface area contributed by atoms with Crippen LogP contribution < -0.4 is 10.6 Å². The predicted octanol–water partition coefficient (Wildman–Crippen LogP) is 2.27. The largest absolute Gasteiger partial charge is 0.452 e. The number of aryl methyl sites for hydroxylation is 1. The number of nitrogens with zero attached hydrogens (tertiary/aromatic N) is 2. The minimum absolute atomic E-state index is 0.297. The van der Waals surface area contributed by atoms with E-state index in [2.05, 4.69) is 15.7 Å². The molecule has 0 unspecified atom stereocenters. The van der Waals surface area contributed by atoms with Gasteiger partial charge < -0.3 is 10.1 Å². The Balaban J connectivity index is 2.02. The first-order valence-corrected chi connectivity index (χ1v) is 8.49. The fraction of sp³-hybridized carbons (Fsp3) is 0.368. The Morgan fingerprint density at radius 1 is 1.11 bits per heavy atom. The van der Waals surface area contributed by atoms with Crippen molar-refractivity contribution in [3.05, 3.63) is 47.3 Å². The predicted molar refractivity (Wildman–Crippen MR) is 99.7 cm³/mol. The Labute approximate surface area is 157 Å². The SMILES string of the molecule is Cc1nn(-c2ccccc2)c(C)c1C(=O)OCC(=O)NC(=O)NC(C)(C)C. The number of carbonyl (C=O) groups excluding carboxylic acids is 3. The second kappa shape index (κ2) is 8.03. The normalized spacial score (nSPS) is 11.0. The Morgan fingerprint density at radius 2 is 1.74 bits per heavy atom. The Bertz CT molecular complexity index is 851. The van der Waals surface area contributed by atoms with Crippen molar-refractivity contribution in [1.29, 1.82) is 0 Å². The lowest BCUT2D eigenvalue weighted by Crippen LogP contribution is -2.49. The third-order valence-electron chi connectivity index (χ3n) is 3.57. The fourth-order valence-electron chi connectivity index (χ4n) is 2.50. The summed E-state index contributed by atoms with van der Waals surface area (Å²) < 4.78 is 6.69. The van der Waals surface area contributed by atoms with E-state index in [9.17, 15) is 14.4 Å². The molecule has 0 bridgehead atoms. The number of benzene rings is 1. The van der Waals surface area contributed by atoms with Gasteiger partial charge in [0, 0.05) is 5.54 Å². The molecule has 144 valence electrons. The fourth-order valence-corrected chi connectivity index (χ4v) is 2.50. The minimum atomic E-state index is -0.712. The molecule has 3 amide bonds. The molecule has 8 heteroatoms. The van der Waals surface area contributed by atoms with E-state index in [0.717, 1.165) is 5.69 Å². The van der Waals surface area contributed by atoms with E-state index in [4.69, 9.17) is 4.74 Å². The summed E-state index contributed by atoms with van der Waals surface area (Å²) >= 11 is 0. The summed E-state index contributed by atoms with van der Waals surface area (Å²) in [4.78, 5) is 35.9. The van der Waals surface area contributed by atoms with Crippen molar-refractivity contribution < 1.29 is 19.1 Å². The van der Waals surface area contributed by atoms with E-state index in [1.807, 2.05) is 30.3 Å². The average Bonchev–Trinajstić information content (AvgIpc) is 2.86. The molecular formula is C19H24N4O4. The molecule has 0 radical (unpaired) electrons. The molecule has 1 heterocycles. The van der Waals surface area contributed by atoms with Gasteiger partial charge in [0.15, 0.2) is 6.61 Å². The van der Waals surface area contributed by atoms with E-state index >= 15 is 0 Å². The highest BCUT2D eigenvalue weighted by atomic mass is 16.5. The zero-order valence-electron chi connectivity index (χ0n) is 16.1. The first-order chi connectivity index (χ1) is 12.6. The van der Waals surface area contributed by atoms with Gasteiger partial charge in [0.25, 0.3) is 5.91 Å². The van der Waals surface area contributed by atoms with Crippen molar-refractivity contribution in [3.8, 4) is 5.69 Å². The summed E-state index contributed by atoms with van der Waals surface area (Å²) in [5.74, 6) is -1.38. The molecule has 8 nitrogen and oxygen atoms in total. The van der Waals surface area contributed by atoms with Gasteiger partial charge in [-0.1, -0.05) is 18.2 Å². The number of para-hydroxylation sites is 1. The van der Waals surface area contributed by atoms with Crippen LogP contribution in [0.5, 0.6) is 0 Å². The number of hydrogen-bond acceptors (Lipinski definition) is 5. The van der Waals surface area contributed by atoms with Crippen LogP contribution in [0.15, 0.2) is 30.3 Å². The van der Waals surface area contributed by atoms with Crippen LogP contribution in [0.4, 0.5) is 4.79 Å². The summed E-state index contributed by atoms with van der Waals surface area (Å²) in [6, 6.07) is 8.73. The number of amides is 3. The summed E-state index contributed by atoms with van der Waals surface area (Å²) in [6.07, 6.45) is 0. The molecule has 1 aromatic carbocycles. The quantitative estimate of drug-likeness (QED) is 0.802. The highest BCUT2D eigenvalue weighted by Gasteiger charge is 2.22. The van der Waals surface area contributed by atoms with E-state index in [1.54, 1.807) is 39.3 Å². The van der Waals surface area contributed by atoms with Gasteiger partial charge in [-0.25, -0.2) is 14.3 Å². The number of ether oxygens (including phenoxy) is 1. The third-order valence-corrected chi connectivity index (χ3v) is 3.57. The molecule has 27 heavy (non-hydrogen) atoms. The molecule has 0 atom stereocenters. The van der Waals surface area contributed by atoms with Gasteiger partial charge in [-0.3, -0.25) is 10.1 Å². The van der Waals surface area contributed by atoms with Crippen LogP contribution in [0, 0.1) is 13.8 Å². The summed E-state index contributed by atoms with van der Waals surface area (Å²) in [5, 5.41) is 9.07. The lowest BCUT2D eigenvalue weighted by Gasteiger charge is -2.20. The van der Waals surface area contributed by atoms with Gasteiger partial charge in [0.2, 0.25) is 0 Å². The van der Waals surface area contributed by atoms with Crippen LogP contribution in [0.25, 0.3) is 5.69 Å². The maximum absolute atomic E-state index is 12.4. The molecule has 2 aromatic rings. The molecule has 0 aliphatic rings. The standard InChI is InChI=1S/C19H24N4O4/c1-12-16(13(2)23(22-12)14-9-7-6-8-10-14)17(25)27-11-15(24)20-18(26)21-19(3,4)5/h6-10H,11H2,1-5H3,(H2,20,21,24,26). The molecule has 2 rings (SSSR count). The number of imide groups is 1. The van der Waals surface area contributed by atoms with Gasteiger partial charge in [0.05, 0.1) is 17.1 Å². The van der Waals surface area contributed by atoms with Crippen LogP contribution in [0.3, 0.4) is 0 Å². The Morgan fingerprint density at radius 3 is 2.33 bits per heavy atom. The molecule has 0 fully saturated rings. The second-order valence-electron chi connectivity index (χ2n) is 7.12. The summed E-state index contributed by atoms with van der Waals surface area (Å²) in [7, 11) is 0. The maximum atomic E-state index is 12.4. The molecule has 0 spiro atoms. The molecule has 1 aromatic heterocycles. The van der Waals surface area contributed by atoms with Gasteiger partial charge in [-0.05, 0) is 46.8 Å². The topological polar surface area (TPSA) is 102 Å². The molecule has 0 saturated carbocycles. The number of hydrogen-bond donors (Lipinski definition) is 2. The summed E-state index contributed by atoms with van der Waals surface area (Å²) in [5.41, 5.74) is 1.72. The smallest absolute Gasteiger partial charge is 0.342 e. The monoisotopic (exact) mass is 372 g/mol. The van der Waals surface area contributed by atoms with Crippen molar-refractivity contribution in [2.75, 3.05) is 6.61 Å². The lowest BCUT2D eigenvalue weighted by atomic mass is 10.1. The van der Waals surface area contributed by atoms with Crippen LogP contribution in [0.2, 0.25) is 0 Å². The minimum Gasteiger partial charge on any atom is -0.452 e. The van der Waals surface area contributed by atoms with E-state index < -0.39 is 30.1 Å². The van der Waals surface area contributed by atoms with Crippen LogP contribution in [0.1, 0.15) is 42.5 Å². The summed E-state index contributed by atoms with van der Waals surface area (Å²) in [6.45, 7) is 8.24. The van der Waals surface area contributed by atoms with Crippen LogP contribution >= 0.6 is 0 Å². The molecule has 2 N–H and O–H groups in total. The van der Waals surface area contributed by atoms with Crippen LogP contribution in [-0.4, -0.2) is 39.8 Å². The van der Waals surface area contributed by atoms with Crippen molar-refractivity contribution >= 4 is 17.9 Å². The van der Waals surface area contributed by atoms with Crippen molar-refractivity contribution in [3.63, 3.8) is 0 Å². The number of rotatable bonds is 4. The third kappa shape index (κ3) is 5.40. The van der Waals surface area contributed by atoms with Crippen molar-refractivity contribution in [2.45, 2.75) is 40.2 Å². The van der Waals surface area contributed by atoms with Crippen LogP contribution in [-0.2, 0) is 9.53 Å². The van der Waals surface area contributed by atoms with Gasteiger partial charge in [-0.15, -0.1) is 0 Å². The number of esters is 1. The van der Waals surface area contributed by atoms with Crippen molar-refractivity contribution in [1.82, 2.24) is 20.4 Å². The zero-order valence-corrected chi connectivity index (χ0v) is 16.1. The molecule has 0 aliphatic heterocycles. The highest BCUT2D eigenvalue weighted by Crippen LogP contribution is 2.18. The Hall–Kier alpha value is -3.16. The van der Waals surface area contributed by atoms with E-state index in [0.29, 0.717) is 17.0 Å². The first-order valence-electron chi connectivity index (χ1n) is 8.49. The molecule has 0 aliphatic carbocycles. The first kappa shape index (κ1) is 20.2. The number of nitrogens with one attached hydrogen (secondary N) is 2. The van der Waals surface area contributed by atoms with Crippen molar-refractivity contribution in [2.24, 2.45) is 0 Å². The molecular weight excluding hydrogens is 348 g/mol. The Kier molecular flexibility index (Phi) is 5.99. The number of aromatic nitrogens is 2. The zero-order chi connectivity index (χ0) is 20.2. The average molecular weight is 372 g/mol. The maximum Gasteiger partial charge on any atom is 0.342 e. The highest BCUT2D eigenvalue weighted by molar-refractivity contribution is 5.97. The van der Waals surface area contributed by atoms with Gasteiger partial charge >= 0.3 is 12.0 Å². The number of urea groups is 1. The van der Waals surface area contributed by atoms with Gasteiger partial charge in [-0.2, -0.15) is 5.10 Å². The van der Waals surface area contributed by atoms with Gasteiger partial charge in [0.1, 0.15) is 5.56 Å². The van der Waals surface area contributed by atoms with E-state index in [-0.39, 0.29) is 0 Å². The lowest BCUT2D eigenvalue weighted by molar-refractivity contribution is -0.123. The molecule has 0 saturated heterocycles. The second-order valence-corrected chi connectivity index (χ2v) is 7.12.